The molecule has 1 heterocycles. The zero-order valence-corrected chi connectivity index (χ0v) is 8.11. The Kier molecular flexibility index (Phi) is 2.13. The molecule has 3 nitrogen and oxygen atoms in total. The van der Waals surface area contributed by atoms with Crippen LogP contribution >= 0.6 is 15.9 Å². The van der Waals surface area contributed by atoms with Crippen molar-refractivity contribution in [3.05, 3.63) is 35.9 Å². The van der Waals surface area contributed by atoms with Gasteiger partial charge in [-0.05, 0) is 5.56 Å². The van der Waals surface area contributed by atoms with E-state index in [0.717, 1.165) is 5.56 Å². The molecule has 1 aliphatic rings. The highest BCUT2D eigenvalue weighted by atomic mass is 79.9. The minimum Gasteiger partial charge on any atom is -0.286 e. The Labute approximate surface area is 82.7 Å². The summed E-state index contributed by atoms with van der Waals surface area (Å²) in [5.74, 6) is 0. The van der Waals surface area contributed by atoms with Crippen LogP contribution in [0.5, 0.6) is 0 Å². The van der Waals surface area contributed by atoms with E-state index in [-0.39, 0.29) is 0 Å². The van der Waals surface area contributed by atoms with Crippen LogP contribution in [-0.2, 0) is 4.74 Å². The summed E-state index contributed by atoms with van der Waals surface area (Å²) >= 11 is 3.18. The maximum absolute atomic E-state index is 12.9. The summed E-state index contributed by atoms with van der Waals surface area (Å²) in [7, 11) is 0. The minimum atomic E-state index is -2.12. The third-order valence-corrected chi connectivity index (χ3v) is 2.29. The van der Waals surface area contributed by atoms with Crippen LogP contribution in [0.25, 0.3) is 0 Å². The van der Waals surface area contributed by atoms with Crippen molar-refractivity contribution in [2.24, 2.45) is 10.2 Å². The SMILES string of the molecule is FC1(OC(Br)c2ccccc2)N=N1. The fourth-order valence-corrected chi connectivity index (χ4v) is 1.43. The molecule has 0 amide bonds. The zero-order chi connectivity index (χ0) is 9.31. The Balaban J connectivity index is 2.01. The molecule has 1 aromatic carbocycles. The molecule has 0 radical (unpaired) electrons. The molecule has 0 saturated carbocycles. The molecule has 0 saturated heterocycles. The second kappa shape index (κ2) is 3.16. The molecular formula is C8H6BrFN2O. The molecule has 0 N–H and O–H groups in total. The second-order valence-electron chi connectivity index (χ2n) is 2.57. The number of alkyl halides is 2. The Bertz CT molecular complexity index is 324. The molecule has 2 rings (SSSR count). The summed E-state index contributed by atoms with van der Waals surface area (Å²) in [6.45, 7) is 0. The highest BCUT2D eigenvalue weighted by Gasteiger charge is 2.44. The van der Waals surface area contributed by atoms with Gasteiger partial charge in [0.25, 0.3) is 0 Å². The lowest BCUT2D eigenvalue weighted by atomic mass is 10.2. The summed E-state index contributed by atoms with van der Waals surface area (Å²) < 4.78 is 17.7. The molecule has 1 atom stereocenters. The molecule has 1 aliphatic heterocycles. The van der Waals surface area contributed by atoms with Crippen molar-refractivity contribution in [3.63, 3.8) is 0 Å². The Morgan fingerprint density at radius 2 is 1.92 bits per heavy atom. The molecule has 0 spiro atoms. The maximum atomic E-state index is 12.9. The minimum absolute atomic E-state index is 0.520. The highest BCUT2D eigenvalue weighted by Crippen LogP contribution is 2.38. The number of ether oxygens (including phenoxy) is 1. The van der Waals surface area contributed by atoms with E-state index in [1.165, 1.54) is 0 Å². The first-order valence-corrected chi connectivity index (χ1v) is 4.61. The van der Waals surface area contributed by atoms with Crippen LogP contribution in [0.15, 0.2) is 40.6 Å². The number of hydrogen-bond donors (Lipinski definition) is 0. The van der Waals surface area contributed by atoms with Crippen LogP contribution in [0.4, 0.5) is 4.39 Å². The van der Waals surface area contributed by atoms with Crippen LogP contribution in [0, 0.1) is 0 Å². The number of benzene rings is 1. The Morgan fingerprint density at radius 1 is 1.31 bits per heavy atom. The molecule has 5 heteroatoms. The van der Waals surface area contributed by atoms with Gasteiger partial charge >= 0.3 is 6.10 Å². The normalized spacial score (nSPS) is 19.8. The van der Waals surface area contributed by atoms with Crippen molar-refractivity contribution < 1.29 is 9.13 Å². The molecule has 0 aromatic heterocycles. The third-order valence-electron chi connectivity index (χ3n) is 1.57. The van der Waals surface area contributed by atoms with E-state index in [2.05, 4.69) is 26.2 Å². The number of nitrogens with zero attached hydrogens (tertiary/aromatic N) is 2. The van der Waals surface area contributed by atoms with Crippen molar-refractivity contribution in [2.75, 3.05) is 0 Å². The van der Waals surface area contributed by atoms with Crippen molar-refractivity contribution in [1.29, 1.82) is 0 Å². The summed E-state index contributed by atoms with van der Waals surface area (Å²) in [5.41, 5.74) is 0.830. The van der Waals surface area contributed by atoms with Gasteiger partial charge in [0.05, 0.1) is 0 Å². The van der Waals surface area contributed by atoms with E-state index in [1.807, 2.05) is 30.3 Å². The molecule has 1 aromatic rings. The number of halogens is 2. The van der Waals surface area contributed by atoms with E-state index >= 15 is 0 Å². The molecule has 13 heavy (non-hydrogen) atoms. The maximum Gasteiger partial charge on any atom is 0.450 e. The molecule has 1 unspecified atom stereocenters. The summed E-state index contributed by atoms with van der Waals surface area (Å²) in [6.07, 6.45) is -2.12. The van der Waals surface area contributed by atoms with Gasteiger partial charge in [-0.15, -0.1) is 0 Å². The fraction of sp³-hybridized carbons (Fsp3) is 0.250. The van der Waals surface area contributed by atoms with Gasteiger partial charge in [-0.25, -0.2) is 0 Å². The van der Waals surface area contributed by atoms with E-state index in [9.17, 15) is 4.39 Å². The van der Waals surface area contributed by atoms with Gasteiger partial charge in [0.2, 0.25) is 0 Å². The molecule has 0 aliphatic carbocycles. The summed E-state index contributed by atoms with van der Waals surface area (Å²) in [5, 5.41) is 5.69. The zero-order valence-electron chi connectivity index (χ0n) is 6.52. The molecular weight excluding hydrogens is 239 g/mol. The second-order valence-corrected chi connectivity index (χ2v) is 3.40. The predicted octanol–water partition coefficient (Wildman–Crippen LogP) is 3.14. The fourth-order valence-electron chi connectivity index (χ4n) is 0.890. The van der Waals surface area contributed by atoms with Crippen molar-refractivity contribution in [3.8, 4) is 0 Å². The van der Waals surface area contributed by atoms with Crippen LogP contribution < -0.4 is 0 Å². The van der Waals surface area contributed by atoms with E-state index < -0.39 is 11.1 Å². The molecule has 0 bridgehead atoms. The summed E-state index contributed by atoms with van der Waals surface area (Å²) in [6, 6.07) is 9.22. The average molecular weight is 245 g/mol. The van der Waals surface area contributed by atoms with Gasteiger partial charge in [0, 0.05) is 0 Å². The molecule has 68 valence electrons. The standard InChI is InChI=1S/C8H6BrFN2O/c9-7(13-8(10)11-12-8)6-4-2-1-3-5-6/h1-5,7H. The lowest BCUT2D eigenvalue weighted by Crippen LogP contribution is -2.10. The van der Waals surface area contributed by atoms with Gasteiger partial charge in [0.1, 0.15) is 5.01 Å². The monoisotopic (exact) mass is 244 g/mol. The van der Waals surface area contributed by atoms with Crippen molar-refractivity contribution in [1.82, 2.24) is 0 Å². The highest BCUT2D eigenvalue weighted by molar-refractivity contribution is 9.09. The lowest BCUT2D eigenvalue weighted by Gasteiger charge is -2.10. The molecule has 0 fully saturated rings. The number of rotatable bonds is 3. The predicted molar refractivity (Wildman–Crippen MR) is 47.9 cm³/mol. The van der Waals surface area contributed by atoms with Crippen LogP contribution in [-0.4, -0.2) is 6.10 Å². The van der Waals surface area contributed by atoms with E-state index in [0.29, 0.717) is 0 Å². The lowest BCUT2D eigenvalue weighted by molar-refractivity contribution is -0.0896. The van der Waals surface area contributed by atoms with Crippen LogP contribution in [0.3, 0.4) is 0 Å². The van der Waals surface area contributed by atoms with Gasteiger partial charge in [-0.2, -0.15) is 4.39 Å². The largest absolute Gasteiger partial charge is 0.450 e. The average Bonchev–Trinajstić information content (AvgIpc) is 2.85. The first-order valence-electron chi connectivity index (χ1n) is 3.69. The van der Waals surface area contributed by atoms with Crippen molar-refractivity contribution in [2.45, 2.75) is 11.1 Å². The van der Waals surface area contributed by atoms with E-state index in [1.54, 1.807) is 0 Å². The topological polar surface area (TPSA) is 34.0 Å². The van der Waals surface area contributed by atoms with Gasteiger partial charge < -0.3 is 0 Å². The Morgan fingerprint density at radius 3 is 2.46 bits per heavy atom. The third kappa shape index (κ3) is 2.10. The van der Waals surface area contributed by atoms with Crippen LogP contribution in [0.2, 0.25) is 0 Å². The van der Waals surface area contributed by atoms with Gasteiger partial charge in [0.15, 0.2) is 0 Å². The van der Waals surface area contributed by atoms with Gasteiger partial charge in [-0.3, -0.25) is 4.74 Å². The number of hydrogen-bond acceptors (Lipinski definition) is 3. The Hall–Kier alpha value is -0.810. The van der Waals surface area contributed by atoms with Crippen molar-refractivity contribution >= 4 is 15.9 Å². The van der Waals surface area contributed by atoms with E-state index in [4.69, 9.17) is 4.74 Å². The summed E-state index contributed by atoms with van der Waals surface area (Å²) in [4.78, 5) is 0. The van der Waals surface area contributed by atoms with Gasteiger partial charge in [-0.1, -0.05) is 56.5 Å². The first kappa shape index (κ1) is 8.77. The van der Waals surface area contributed by atoms with Crippen LogP contribution in [0.1, 0.15) is 10.6 Å². The smallest absolute Gasteiger partial charge is 0.286 e. The quantitative estimate of drug-likeness (QED) is 0.594. The first-order chi connectivity index (χ1) is 6.20.